The van der Waals surface area contributed by atoms with Crippen molar-refractivity contribution in [3.63, 3.8) is 0 Å². The Morgan fingerprint density at radius 1 is 1.35 bits per heavy atom. The van der Waals surface area contributed by atoms with E-state index in [1.165, 1.54) is 31.4 Å². The van der Waals surface area contributed by atoms with Gasteiger partial charge in [0.1, 0.15) is 11.9 Å². The van der Waals surface area contributed by atoms with E-state index in [0.717, 1.165) is 37.2 Å². The molecular weight excluding hydrogens is 333 g/mol. The van der Waals surface area contributed by atoms with E-state index in [2.05, 4.69) is 6.92 Å². The van der Waals surface area contributed by atoms with Gasteiger partial charge in [-0.25, -0.2) is 9.18 Å². The highest BCUT2D eigenvalue weighted by Crippen LogP contribution is 2.49. The van der Waals surface area contributed by atoms with Crippen LogP contribution in [-0.4, -0.2) is 32.0 Å². The van der Waals surface area contributed by atoms with E-state index in [1.807, 2.05) is 6.07 Å². The first kappa shape index (κ1) is 17.8. The number of fused-ring (bicyclic) bond motifs is 2. The van der Waals surface area contributed by atoms with Crippen LogP contribution in [0.1, 0.15) is 57.4 Å². The minimum Gasteiger partial charge on any atom is -0.443 e. The summed E-state index contributed by atoms with van der Waals surface area (Å²) in [4.78, 5) is 14.5. The lowest BCUT2D eigenvalue weighted by molar-refractivity contribution is 0.0877. The Hall–Kier alpha value is -1.62. The van der Waals surface area contributed by atoms with Crippen molar-refractivity contribution in [2.45, 2.75) is 63.4 Å². The van der Waals surface area contributed by atoms with E-state index < -0.39 is 0 Å². The summed E-state index contributed by atoms with van der Waals surface area (Å²) in [6.07, 6.45) is 7.09. The molecule has 3 atom stereocenters. The van der Waals surface area contributed by atoms with Crippen molar-refractivity contribution in [1.29, 1.82) is 0 Å². The Kier molecular flexibility index (Phi) is 4.91. The van der Waals surface area contributed by atoms with Crippen molar-refractivity contribution >= 4 is 11.8 Å². The van der Waals surface area contributed by atoms with Crippen LogP contribution in [-0.2, 0) is 14.9 Å². The fraction of sp³-hybridized carbons (Fsp3) is 0.667. The SMILES string of the molecule is CCC1CCCC2(CC1)CN(C(=O)OC1CCOC1)c1cc(F)ccc12. The monoisotopic (exact) mass is 361 g/mol. The van der Waals surface area contributed by atoms with Crippen LogP contribution in [0.25, 0.3) is 0 Å². The molecule has 1 amide bonds. The number of hydrogen-bond acceptors (Lipinski definition) is 3. The van der Waals surface area contributed by atoms with E-state index >= 15 is 0 Å². The summed E-state index contributed by atoms with van der Waals surface area (Å²) in [7, 11) is 0. The molecule has 1 aliphatic carbocycles. The Morgan fingerprint density at radius 3 is 3.00 bits per heavy atom. The number of amides is 1. The summed E-state index contributed by atoms with van der Waals surface area (Å²) in [5.74, 6) is 0.456. The third kappa shape index (κ3) is 3.22. The fourth-order valence-electron chi connectivity index (χ4n) is 4.94. The van der Waals surface area contributed by atoms with Gasteiger partial charge in [0.05, 0.1) is 18.9 Å². The summed E-state index contributed by atoms with van der Waals surface area (Å²) >= 11 is 0. The molecule has 0 N–H and O–H groups in total. The van der Waals surface area contributed by atoms with Crippen LogP contribution in [0.5, 0.6) is 0 Å². The lowest BCUT2D eigenvalue weighted by atomic mass is 9.75. The molecule has 1 spiro atoms. The smallest absolute Gasteiger partial charge is 0.414 e. The quantitative estimate of drug-likeness (QED) is 0.759. The van der Waals surface area contributed by atoms with Gasteiger partial charge in [0.25, 0.3) is 0 Å². The maximum Gasteiger partial charge on any atom is 0.414 e. The number of ether oxygens (including phenoxy) is 2. The normalized spacial score (nSPS) is 31.1. The van der Waals surface area contributed by atoms with E-state index in [9.17, 15) is 9.18 Å². The summed E-state index contributed by atoms with van der Waals surface area (Å²) in [5.41, 5.74) is 1.76. The van der Waals surface area contributed by atoms with Crippen LogP contribution in [0, 0.1) is 11.7 Å². The maximum absolute atomic E-state index is 14.0. The molecule has 3 unspecified atom stereocenters. The molecule has 1 saturated carbocycles. The minimum atomic E-state index is -0.361. The van der Waals surface area contributed by atoms with Gasteiger partial charge >= 0.3 is 6.09 Å². The molecular formula is C21H28FNO3. The highest BCUT2D eigenvalue weighted by Gasteiger charge is 2.46. The molecule has 0 radical (unpaired) electrons. The number of carbonyl (C=O) groups excluding carboxylic acids is 1. The van der Waals surface area contributed by atoms with E-state index in [1.54, 1.807) is 4.90 Å². The van der Waals surface area contributed by atoms with Gasteiger partial charge in [0.15, 0.2) is 0 Å². The summed E-state index contributed by atoms with van der Waals surface area (Å²) in [5, 5.41) is 0. The molecule has 4 nitrogen and oxygen atoms in total. The predicted octanol–water partition coefficient (Wildman–Crippen LogP) is 4.80. The second-order valence-electron chi connectivity index (χ2n) is 8.10. The first-order valence-electron chi connectivity index (χ1n) is 9.97. The van der Waals surface area contributed by atoms with Crippen molar-refractivity contribution in [2.75, 3.05) is 24.7 Å². The second-order valence-corrected chi connectivity index (χ2v) is 8.10. The first-order valence-corrected chi connectivity index (χ1v) is 9.97. The van der Waals surface area contributed by atoms with Crippen molar-refractivity contribution in [2.24, 2.45) is 5.92 Å². The van der Waals surface area contributed by atoms with Gasteiger partial charge in [-0.05, 0) is 42.9 Å². The Balaban J connectivity index is 1.61. The molecule has 4 rings (SSSR count). The number of hydrogen-bond donors (Lipinski definition) is 0. The van der Waals surface area contributed by atoms with Crippen LogP contribution in [0.15, 0.2) is 18.2 Å². The molecule has 5 heteroatoms. The molecule has 142 valence electrons. The Bertz CT molecular complexity index is 673. The summed E-state index contributed by atoms with van der Waals surface area (Å²) in [6.45, 7) is 3.95. The van der Waals surface area contributed by atoms with Gasteiger partial charge in [-0.3, -0.25) is 4.90 Å². The number of nitrogens with zero attached hydrogens (tertiary/aromatic N) is 1. The molecule has 1 aromatic rings. The molecule has 2 aliphatic heterocycles. The molecule has 1 aromatic carbocycles. The Morgan fingerprint density at radius 2 is 2.23 bits per heavy atom. The van der Waals surface area contributed by atoms with Crippen LogP contribution < -0.4 is 4.90 Å². The molecule has 2 heterocycles. The van der Waals surface area contributed by atoms with E-state index in [-0.39, 0.29) is 23.4 Å². The van der Waals surface area contributed by atoms with Gasteiger partial charge in [-0.2, -0.15) is 0 Å². The van der Waals surface area contributed by atoms with Crippen molar-refractivity contribution in [1.82, 2.24) is 0 Å². The zero-order valence-corrected chi connectivity index (χ0v) is 15.5. The molecule has 0 aromatic heterocycles. The van der Waals surface area contributed by atoms with Crippen LogP contribution in [0.3, 0.4) is 0 Å². The summed E-state index contributed by atoms with van der Waals surface area (Å²) < 4.78 is 24.9. The lowest BCUT2D eigenvalue weighted by Gasteiger charge is -2.29. The zero-order valence-electron chi connectivity index (χ0n) is 15.5. The number of halogens is 1. The highest BCUT2D eigenvalue weighted by molar-refractivity contribution is 5.91. The van der Waals surface area contributed by atoms with Crippen LogP contribution >= 0.6 is 0 Å². The van der Waals surface area contributed by atoms with Gasteiger partial charge < -0.3 is 9.47 Å². The van der Waals surface area contributed by atoms with Gasteiger partial charge in [-0.1, -0.05) is 32.3 Å². The first-order chi connectivity index (χ1) is 12.6. The minimum absolute atomic E-state index is 0.0574. The zero-order chi connectivity index (χ0) is 18.1. The maximum atomic E-state index is 14.0. The number of anilines is 1. The van der Waals surface area contributed by atoms with Crippen LogP contribution in [0.2, 0.25) is 0 Å². The molecule has 2 fully saturated rings. The van der Waals surface area contributed by atoms with Crippen molar-refractivity contribution < 1.29 is 18.7 Å². The molecule has 3 aliphatic rings. The predicted molar refractivity (Wildman–Crippen MR) is 98.0 cm³/mol. The third-order valence-electron chi connectivity index (χ3n) is 6.53. The van der Waals surface area contributed by atoms with Crippen molar-refractivity contribution in [3.8, 4) is 0 Å². The van der Waals surface area contributed by atoms with Gasteiger partial charge in [0.2, 0.25) is 0 Å². The number of rotatable bonds is 2. The number of carbonyl (C=O) groups is 1. The van der Waals surface area contributed by atoms with Crippen LogP contribution in [0.4, 0.5) is 14.9 Å². The Labute approximate surface area is 154 Å². The van der Waals surface area contributed by atoms with Gasteiger partial charge in [-0.15, -0.1) is 0 Å². The molecule has 26 heavy (non-hydrogen) atoms. The average Bonchev–Trinajstić information content (AvgIpc) is 3.18. The fourth-order valence-corrected chi connectivity index (χ4v) is 4.94. The van der Waals surface area contributed by atoms with Crippen molar-refractivity contribution in [3.05, 3.63) is 29.6 Å². The molecule has 0 bridgehead atoms. The second kappa shape index (κ2) is 7.18. The average molecular weight is 361 g/mol. The lowest BCUT2D eigenvalue weighted by Crippen LogP contribution is -2.38. The van der Waals surface area contributed by atoms with E-state index in [0.29, 0.717) is 25.4 Å². The van der Waals surface area contributed by atoms with E-state index in [4.69, 9.17) is 9.47 Å². The van der Waals surface area contributed by atoms with Gasteiger partial charge in [0, 0.05) is 18.4 Å². The third-order valence-corrected chi connectivity index (χ3v) is 6.53. The summed E-state index contributed by atoms with van der Waals surface area (Å²) in [6, 6.07) is 4.92. The highest BCUT2D eigenvalue weighted by atomic mass is 19.1. The molecule has 1 saturated heterocycles. The standard InChI is InChI=1S/C21H28FNO3/c1-2-15-4-3-9-21(10-7-15)14-23(19-12-16(22)5-6-18(19)21)20(24)26-17-8-11-25-13-17/h5-6,12,15,17H,2-4,7-11,13-14H2,1H3. The number of benzene rings is 1. The largest absolute Gasteiger partial charge is 0.443 e. The topological polar surface area (TPSA) is 38.8 Å².